The summed E-state index contributed by atoms with van der Waals surface area (Å²) < 4.78 is 0. The summed E-state index contributed by atoms with van der Waals surface area (Å²) in [5.74, 6) is 0. The van der Waals surface area contributed by atoms with Crippen molar-refractivity contribution in [3.05, 3.63) is 176 Å². The van der Waals surface area contributed by atoms with E-state index in [1.54, 1.807) is 0 Å². The minimum atomic E-state index is 1.02. The lowest BCUT2D eigenvalue weighted by molar-refractivity contribution is 1.52. The van der Waals surface area contributed by atoms with Gasteiger partial charge in [-0.2, -0.15) is 0 Å². The third-order valence-electron chi connectivity index (χ3n) is 6.39. The van der Waals surface area contributed by atoms with Crippen molar-refractivity contribution in [2.24, 2.45) is 0 Å². The summed E-state index contributed by atoms with van der Waals surface area (Å²) in [4.78, 5) is 0. The molecule has 0 heterocycles. The van der Waals surface area contributed by atoms with Crippen LogP contribution in [-0.4, -0.2) is 0 Å². The van der Waals surface area contributed by atoms with Gasteiger partial charge in [0, 0.05) is 11.4 Å². The van der Waals surface area contributed by atoms with Gasteiger partial charge in [-0.3, -0.25) is 0 Å². The molecular weight excluding hydrogens is 458 g/mol. The number of anilines is 2. The molecule has 0 amide bonds. The van der Waals surface area contributed by atoms with Crippen LogP contribution in [0.4, 0.5) is 11.4 Å². The third kappa shape index (κ3) is 6.08. The molecule has 0 atom stereocenters. The molecule has 4 aromatic rings. The minimum absolute atomic E-state index is 1.02. The zero-order chi connectivity index (χ0) is 26.7. The van der Waals surface area contributed by atoms with Gasteiger partial charge in [0.15, 0.2) is 0 Å². The molecule has 0 aromatic heterocycles. The topological polar surface area (TPSA) is 12.0 Å². The van der Waals surface area contributed by atoms with Crippen LogP contribution in [0.3, 0.4) is 0 Å². The third-order valence-corrected chi connectivity index (χ3v) is 6.39. The van der Waals surface area contributed by atoms with Gasteiger partial charge in [0.1, 0.15) is 0 Å². The second-order valence-electron chi connectivity index (χ2n) is 8.78. The highest BCUT2D eigenvalue weighted by molar-refractivity contribution is 5.99. The van der Waals surface area contributed by atoms with E-state index in [4.69, 9.17) is 0 Å². The van der Waals surface area contributed by atoms with Gasteiger partial charge in [0.25, 0.3) is 0 Å². The molecule has 0 radical (unpaired) electrons. The first-order valence-electron chi connectivity index (χ1n) is 12.8. The van der Waals surface area contributed by atoms with Crippen LogP contribution in [0.1, 0.15) is 23.6 Å². The maximum Gasteiger partial charge on any atom is 0.0384 e. The first-order valence-corrected chi connectivity index (χ1v) is 12.8. The number of allylic oxidation sites excluding steroid dienone is 9. The molecule has 186 valence electrons. The Balaban J connectivity index is 1.56. The Morgan fingerprint density at radius 2 is 1.16 bits per heavy atom. The molecule has 38 heavy (non-hydrogen) atoms. The monoisotopic (exact) mass is 491 g/mol. The highest BCUT2D eigenvalue weighted by Gasteiger charge is 2.09. The van der Waals surface area contributed by atoms with Crippen molar-refractivity contribution in [1.29, 1.82) is 0 Å². The second-order valence-corrected chi connectivity index (χ2v) is 8.78. The van der Waals surface area contributed by atoms with Crippen molar-refractivity contribution < 1.29 is 0 Å². The number of hydrogen-bond donors (Lipinski definition) is 1. The standard InChI is InChI=1S/C37H33N/c1-5-9-15-28(6-2)36-18-13-14-19-37(36)31-22-26-33(27-23-31)38-32-24-20-30(21-25-32)35(8-4)34(7-3)29-16-11-10-12-17-29/h5-27,38H,2-4H2,1H3/b9-5-,28-15+,35-34-. The van der Waals surface area contributed by atoms with E-state index in [0.29, 0.717) is 0 Å². The van der Waals surface area contributed by atoms with E-state index in [9.17, 15) is 0 Å². The number of rotatable bonds is 10. The van der Waals surface area contributed by atoms with Crippen molar-refractivity contribution >= 4 is 28.1 Å². The maximum absolute atomic E-state index is 4.06. The van der Waals surface area contributed by atoms with Gasteiger partial charge in [0.2, 0.25) is 0 Å². The molecule has 1 heteroatoms. The van der Waals surface area contributed by atoms with Crippen LogP contribution in [0.25, 0.3) is 27.8 Å². The van der Waals surface area contributed by atoms with Gasteiger partial charge in [-0.25, -0.2) is 0 Å². The lowest BCUT2D eigenvalue weighted by Gasteiger charge is -2.13. The fraction of sp³-hybridized carbons (Fsp3) is 0.0270. The smallest absolute Gasteiger partial charge is 0.0384 e. The quantitative estimate of drug-likeness (QED) is 0.172. The van der Waals surface area contributed by atoms with Crippen molar-refractivity contribution in [3.63, 3.8) is 0 Å². The molecule has 0 aliphatic carbocycles. The van der Waals surface area contributed by atoms with E-state index in [1.807, 2.05) is 55.5 Å². The Morgan fingerprint density at radius 3 is 1.74 bits per heavy atom. The SMILES string of the molecule is C=C/C(=C(\C=C)c1ccc(Nc2ccc(-c3ccccc3/C(C=C)=C/C=C\C)cc2)cc1)c1ccccc1. The van der Waals surface area contributed by atoms with Crippen LogP contribution in [0.5, 0.6) is 0 Å². The maximum atomic E-state index is 4.06. The molecule has 0 aliphatic heterocycles. The summed E-state index contributed by atoms with van der Waals surface area (Å²) >= 11 is 0. The number of nitrogens with one attached hydrogen (secondary N) is 1. The predicted octanol–water partition coefficient (Wildman–Crippen LogP) is 10.5. The predicted molar refractivity (Wildman–Crippen MR) is 168 cm³/mol. The Morgan fingerprint density at radius 1 is 0.605 bits per heavy atom. The first-order chi connectivity index (χ1) is 18.7. The first kappa shape index (κ1) is 26.2. The van der Waals surface area contributed by atoms with E-state index in [2.05, 4.69) is 116 Å². The molecular formula is C37H33N. The van der Waals surface area contributed by atoms with Gasteiger partial charge in [-0.1, -0.05) is 135 Å². The molecule has 0 unspecified atom stereocenters. The van der Waals surface area contributed by atoms with Crippen LogP contribution >= 0.6 is 0 Å². The largest absolute Gasteiger partial charge is 0.356 e. The Bertz CT molecular complexity index is 1500. The Hall–Kier alpha value is -4.88. The zero-order valence-electron chi connectivity index (χ0n) is 21.9. The highest BCUT2D eigenvalue weighted by Crippen LogP contribution is 2.32. The average molecular weight is 492 g/mol. The number of benzene rings is 4. The molecule has 0 saturated heterocycles. The van der Waals surface area contributed by atoms with Crippen molar-refractivity contribution in [2.75, 3.05) is 5.32 Å². The van der Waals surface area contributed by atoms with Gasteiger partial charge in [0.05, 0.1) is 0 Å². The van der Waals surface area contributed by atoms with E-state index in [-0.39, 0.29) is 0 Å². The van der Waals surface area contributed by atoms with Crippen LogP contribution in [-0.2, 0) is 0 Å². The molecule has 1 N–H and O–H groups in total. The molecule has 1 nitrogen and oxygen atoms in total. The lowest BCUT2D eigenvalue weighted by Crippen LogP contribution is -1.93. The van der Waals surface area contributed by atoms with Crippen LogP contribution in [0, 0.1) is 0 Å². The van der Waals surface area contributed by atoms with Crippen molar-refractivity contribution in [2.45, 2.75) is 6.92 Å². The van der Waals surface area contributed by atoms with Crippen LogP contribution in [0.15, 0.2) is 159 Å². The van der Waals surface area contributed by atoms with Crippen molar-refractivity contribution in [3.8, 4) is 11.1 Å². The molecule has 0 saturated carbocycles. The molecule has 0 aliphatic rings. The van der Waals surface area contributed by atoms with Crippen molar-refractivity contribution in [1.82, 2.24) is 0 Å². The molecule has 0 fully saturated rings. The molecule has 4 rings (SSSR count). The average Bonchev–Trinajstić information content (AvgIpc) is 2.98. The van der Waals surface area contributed by atoms with Crippen LogP contribution < -0.4 is 5.32 Å². The van der Waals surface area contributed by atoms with Gasteiger partial charge < -0.3 is 5.32 Å². The zero-order valence-corrected chi connectivity index (χ0v) is 21.9. The van der Waals surface area contributed by atoms with E-state index < -0.39 is 0 Å². The fourth-order valence-electron chi connectivity index (χ4n) is 4.47. The summed E-state index contributed by atoms with van der Waals surface area (Å²) in [6, 6.07) is 35.7. The van der Waals surface area contributed by atoms with E-state index in [1.165, 1.54) is 5.56 Å². The summed E-state index contributed by atoms with van der Waals surface area (Å²) in [6.07, 6.45) is 11.9. The van der Waals surface area contributed by atoms with Gasteiger partial charge in [-0.15, -0.1) is 0 Å². The number of hydrogen-bond acceptors (Lipinski definition) is 1. The van der Waals surface area contributed by atoms with Gasteiger partial charge in [-0.05, 0) is 75.7 Å². The minimum Gasteiger partial charge on any atom is -0.356 e. The summed E-state index contributed by atoms with van der Waals surface area (Å²) in [5, 5.41) is 3.52. The summed E-state index contributed by atoms with van der Waals surface area (Å²) in [5.41, 5.74) is 11.0. The fourth-order valence-corrected chi connectivity index (χ4v) is 4.47. The molecule has 4 aromatic carbocycles. The normalized spacial score (nSPS) is 12.1. The van der Waals surface area contributed by atoms with Crippen LogP contribution in [0.2, 0.25) is 0 Å². The summed E-state index contributed by atoms with van der Waals surface area (Å²) in [6.45, 7) is 14.1. The Labute approximate surface area is 227 Å². The lowest BCUT2D eigenvalue weighted by atomic mass is 9.94. The Kier molecular flexibility index (Phi) is 8.89. The summed E-state index contributed by atoms with van der Waals surface area (Å²) in [7, 11) is 0. The molecule has 0 bridgehead atoms. The highest BCUT2D eigenvalue weighted by atomic mass is 14.9. The van der Waals surface area contributed by atoms with Gasteiger partial charge >= 0.3 is 0 Å². The second kappa shape index (κ2) is 12.9. The van der Waals surface area contributed by atoms with E-state index in [0.717, 1.165) is 50.3 Å². The van der Waals surface area contributed by atoms with E-state index >= 15 is 0 Å². The molecule has 0 spiro atoms.